The molecule has 0 aliphatic heterocycles. The Balaban J connectivity index is 0.000000126. The second kappa shape index (κ2) is 12.5. The molecule has 0 aliphatic rings. The summed E-state index contributed by atoms with van der Waals surface area (Å²) in [5.41, 5.74) is 7.26. The lowest BCUT2D eigenvalue weighted by molar-refractivity contribution is 1.19. The van der Waals surface area contributed by atoms with Gasteiger partial charge in [0, 0.05) is 73.9 Å². The van der Waals surface area contributed by atoms with Gasteiger partial charge in [-0.15, -0.1) is 22.7 Å². The minimum Gasteiger partial charge on any atom is -0.308 e. The molecule has 0 N–H and O–H groups in total. The van der Waals surface area contributed by atoms with E-state index in [2.05, 4.69) is 155 Å². The minimum absolute atomic E-state index is 0.756. The van der Waals surface area contributed by atoms with Crippen molar-refractivity contribution in [2.75, 3.05) is 0 Å². The fourth-order valence-corrected chi connectivity index (χ4v) is 10.9. The molecular weight excluding hydrogens is 740 g/mol. The van der Waals surface area contributed by atoms with Gasteiger partial charge in [0.2, 0.25) is 0 Å². The Bertz CT molecular complexity index is 3170. The van der Waals surface area contributed by atoms with Crippen LogP contribution >= 0.6 is 45.9 Å². The van der Waals surface area contributed by atoms with Crippen LogP contribution in [0.5, 0.6) is 0 Å². The summed E-state index contributed by atoms with van der Waals surface area (Å²) in [4.78, 5) is 0. The normalized spacial score (nSPS) is 11.9. The Labute approximate surface area is 328 Å². The van der Waals surface area contributed by atoms with Crippen LogP contribution in [0.3, 0.4) is 0 Å². The van der Waals surface area contributed by atoms with E-state index in [0.717, 1.165) is 21.4 Å². The van der Waals surface area contributed by atoms with Gasteiger partial charge in [-0.05, 0) is 72.8 Å². The zero-order chi connectivity index (χ0) is 35.9. The van der Waals surface area contributed by atoms with Gasteiger partial charge in [0.05, 0.1) is 31.5 Å². The Morgan fingerprint density at radius 2 is 0.667 bits per heavy atom. The van der Waals surface area contributed by atoms with Crippen molar-refractivity contribution in [3.05, 3.63) is 180 Å². The first-order valence-electron chi connectivity index (χ1n) is 17.8. The maximum Gasteiger partial charge on any atom is 0.0719 e. The summed E-state index contributed by atoms with van der Waals surface area (Å²) >= 11 is 16.0. The van der Waals surface area contributed by atoms with Crippen LogP contribution in [-0.2, 0) is 0 Å². The van der Waals surface area contributed by atoms with Gasteiger partial charge in [-0.25, -0.2) is 0 Å². The summed E-state index contributed by atoms with van der Waals surface area (Å²) in [5.74, 6) is 0. The Kier molecular flexibility index (Phi) is 7.36. The molecule has 0 bridgehead atoms. The van der Waals surface area contributed by atoms with Crippen molar-refractivity contribution in [3.8, 4) is 11.4 Å². The first-order valence-corrected chi connectivity index (χ1v) is 20.2. The third-order valence-electron chi connectivity index (χ3n) is 10.5. The molecule has 0 spiro atoms. The maximum absolute atomic E-state index is 6.15. The average Bonchev–Trinajstić information content (AvgIpc) is 3.97. The van der Waals surface area contributed by atoms with Gasteiger partial charge < -0.3 is 9.13 Å². The number of hydrogen-bond acceptors (Lipinski definition) is 2. The van der Waals surface area contributed by atoms with Crippen molar-refractivity contribution in [1.82, 2.24) is 9.13 Å². The molecule has 0 saturated heterocycles. The summed E-state index contributed by atoms with van der Waals surface area (Å²) in [6.07, 6.45) is 0. The van der Waals surface area contributed by atoms with E-state index in [-0.39, 0.29) is 0 Å². The van der Waals surface area contributed by atoms with E-state index < -0.39 is 0 Å². The first kappa shape index (κ1) is 31.9. The molecule has 4 aromatic heterocycles. The molecule has 0 fully saturated rings. The Morgan fingerprint density at radius 3 is 1.09 bits per heavy atom. The molecule has 0 atom stereocenters. The molecule has 0 radical (unpaired) electrons. The predicted octanol–water partition coefficient (Wildman–Crippen LogP) is 15.6. The van der Waals surface area contributed by atoms with Crippen LogP contribution in [0, 0.1) is 0 Å². The van der Waals surface area contributed by atoms with E-state index in [1.165, 1.54) is 84.0 Å². The highest BCUT2D eigenvalue weighted by Gasteiger charge is 2.19. The number of para-hydroxylation sites is 2. The topological polar surface area (TPSA) is 9.86 Å². The molecular formula is C48H28Cl2N2S2. The fraction of sp³-hybridized carbons (Fsp3) is 0. The van der Waals surface area contributed by atoms with E-state index in [9.17, 15) is 0 Å². The number of halogens is 2. The number of hydrogen-bond donors (Lipinski definition) is 0. The lowest BCUT2D eigenvalue weighted by Crippen LogP contribution is -1.93. The number of aromatic nitrogens is 2. The van der Waals surface area contributed by atoms with E-state index in [1.807, 2.05) is 46.9 Å². The van der Waals surface area contributed by atoms with E-state index >= 15 is 0 Å². The Morgan fingerprint density at radius 1 is 0.315 bits per heavy atom. The maximum atomic E-state index is 6.15. The molecule has 54 heavy (non-hydrogen) atoms. The highest BCUT2D eigenvalue weighted by atomic mass is 35.5. The van der Waals surface area contributed by atoms with Crippen LogP contribution in [0.25, 0.3) is 95.3 Å². The second-order valence-corrected chi connectivity index (χ2v) is 16.5. The summed E-state index contributed by atoms with van der Waals surface area (Å²) in [7, 11) is 0. The van der Waals surface area contributed by atoms with Gasteiger partial charge in [0.25, 0.3) is 0 Å². The van der Waals surface area contributed by atoms with Crippen molar-refractivity contribution in [2.24, 2.45) is 0 Å². The van der Waals surface area contributed by atoms with Gasteiger partial charge in [-0.1, -0.05) is 120 Å². The molecule has 2 nitrogen and oxygen atoms in total. The molecule has 0 saturated carbocycles. The van der Waals surface area contributed by atoms with Crippen LogP contribution in [0.15, 0.2) is 170 Å². The number of benzene rings is 8. The van der Waals surface area contributed by atoms with Gasteiger partial charge in [0.15, 0.2) is 0 Å². The van der Waals surface area contributed by atoms with Crippen molar-refractivity contribution in [1.29, 1.82) is 0 Å². The predicted molar refractivity (Wildman–Crippen MR) is 237 cm³/mol. The molecule has 8 aromatic carbocycles. The molecule has 256 valence electrons. The molecule has 6 heteroatoms. The van der Waals surface area contributed by atoms with Gasteiger partial charge in [-0.2, -0.15) is 0 Å². The number of nitrogens with zero attached hydrogens (tertiary/aromatic N) is 2. The van der Waals surface area contributed by atoms with Crippen molar-refractivity contribution >= 4 is 130 Å². The summed E-state index contributed by atoms with van der Waals surface area (Å²) in [6, 6.07) is 59.9. The molecule has 0 unspecified atom stereocenters. The molecule has 12 aromatic rings. The number of rotatable bonds is 2. The number of thiophene rings is 2. The fourth-order valence-electron chi connectivity index (χ4n) is 8.18. The summed E-state index contributed by atoms with van der Waals surface area (Å²) in [6.45, 7) is 0. The average molecular weight is 768 g/mol. The van der Waals surface area contributed by atoms with Crippen LogP contribution < -0.4 is 0 Å². The molecule has 12 rings (SSSR count). The van der Waals surface area contributed by atoms with Crippen molar-refractivity contribution in [2.45, 2.75) is 0 Å². The van der Waals surface area contributed by atoms with Gasteiger partial charge in [0.1, 0.15) is 0 Å². The minimum atomic E-state index is 0.756. The van der Waals surface area contributed by atoms with Crippen molar-refractivity contribution in [3.63, 3.8) is 0 Å². The first-order chi connectivity index (χ1) is 26.6. The van der Waals surface area contributed by atoms with Gasteiger partial charge >= 0.3 is 0 Å². The van der Waals surface area contributed by atoms with Crippen LogP contribution in [0.4, 0.5) is 0 Å². The third kappa shape index (κ3) is 4.85. The molecule has 0 aliphatic carbocycles. The standard InChI is InChI=1S/2C24H14ClNS/c2*25-15-9-11-16(12-10-15)26-21-7-3-1-5-17(21)19-13-14-20-18-6-2-4-8-22(18)27-24(20)23(19)26/h2*1-14H. The number of fused-ring (bicyclic) bond motifs is 14. The third-order valence-corrected chi connectivity index (χ3v) is 13.4. The summed E-state index contributed by atoms with van der Waals surface area (Å²) in [5, 5.41) is 11.9. The van der Waals surface area contributed by atoms with Crippen LogP contribution in [-0.4, -0.2) is 9.13 Å². The zero-order valence-corrected chi connectivity index (χ0v) is 31.8. The zero-order valence-electron chi connectivity index (χ0n) is 28.6. The highest BCUT2D eigenvalue weighted by molar-refractivity contribution is 7.27. The lowest BCUT2D eigenvalue weighted by Gasteiger charge is -2.08. The SMILES string of the molecule is Clc1ccc(-n2c3ccccc3c3ccc4c5ccccc5sc4c32)cc1.Clc1ccc(-n2c3ccccc3c3ccc4c5ccccc5sc4c32)cc1. The smallest absolute Gasteiger partial charge is 0.0719 e. The monoisotopic (exact) mass is 766 g/mol. The second-order valence-electron chi connectivity index (χ2n) is 13.5. The lowest BCUT2D eigenvalue weighted by atomic mass is 10.1. The van der Waals surface area contributed by atoms with E-state index in [4.69, 9.17) is 23.2 Å². The van der Waals surface area contributed by atoms with E-state index in [0.29, 0.717) is 0 Å². The quantitative estimate of drug-likeness (QED) is 0.166. The van der Waals surface area contributed by atoms with E-state index in [1.54, 1.807) is 0 Å². The Hall–Kier alpha value is -5.62. The van der Waals surface area contributed by atoms with Crippen molar-refractivity contribution < 1.29 is 0 Å². The van der Waals surface area contributed by atoms with Gasteiger partial charge in [-0.3, -0.25) is 0 Å². The summed E-state index contributed by atoms with van der Waals surface area (Å²) < 4.78 is 10.1. The van der Waals surface area contributed by atoms with Crippen LogP contribution in [0.1, 0.15) is 0 Å². The molecule has 4 heterocycles. The molecule has 0 amide bonds. The van der Waals surface area contributed by atoms with Crippen LogP contribution in [0.2, 0.25) is 10.0 Å². The largest absolute Gasteiger partial charge is 0.308 e. The highest BCUT2D eigenvalue weighted by Crippen LogP contribution is 2.44.